The highest BCUT2D eigenvalue weighted by atomic mass is 16.3. The first kappa shape index (κ1) is 10.1. The van der Waals surface area contributed by atoms with E-state index in [9.17, 15) is 5.11 Å². The summed E-state index contributed by atoms with van der Waals surface area (Å²) < 4.78 is 0. The molecule has 0 aliphatic carbocycles. The van der Waals surface area contributed by atoms with Crippen LogP contribution in [-0.4, -0.2) is 31.4 Å². The number of aliphatic hydroxyl groups excluding tert-OH is 1. The molecule has 0 aromatic carbocycles. The molecule has 0 bridgehead atoms. The van der Waals surface area contributed by atoms with Crippen LogP contribution in [0.4, 0.5) is 0 Å². The van der Waals surface area contributed by atoms with E-state index < -0.39 is 0 Å². The van der Waals surface area contributed by atoms with Gasteiger partial charge in [-0.3, -0.25) is 0 Å². The Labute approximate surface area is 77.8 Å². The molecule has 0 radical (unpaired) electrons. The Morgan fingerprint density at radius 1 is 1.54 bits per heavy atom. The van der Waals surface area contributed by atoms with Crippen LogP contribution in [0.2, 0.25) is 0 Å². The van der Waals surface area contributed by atoms with Gasteiger partial charge in [-0.25, -0.2) is 0 Å². The Kier molecular flexibility index (Phi) is 3.82. The first-order valence-electron chi connectivity index (χ1n) is 4.63. The molecule has 5 nitrogen and oxygen atoms in total. The average molecular weight is 184 g/mol. The summed E-state index contributed by atoms with van der Waals surface area (Å²) in [6.45, 7) is 2.10. The molecule has 0 aliphatic rings. The molecule has 0 spiro atoms. The van der Waals surface area contributed by atoms with E-state index in [-0.39, 0.29) is 6.10 Å². The first-order valence-corrected chi connectivity index (χ1v) is 4.63. The molecule has 0 saturated carbocycles. The fourth-order valence-electron chi connectivity index (χ4n) is 1.16. The van der Waals surface area contributed by atoms with Gasteiger partial charge in [0.05, 0.1) is 13.2 Å². The lowest BCUT2D eigenvalue weighted by atomic mass is 10.1. The number of hydrogen-bond acceptors (Lipinski definition) is 4. The Morgan fingerprint density at radius 2 is 2.31 bits per heavy atom. The van der Waals surface area contributed by atoms with Gasteiger partial charge in [0.2, 0.25) is 0 Å². The quantitative estimate of drug-likeness (QED) is 0.715. The normalized spacial score (nSPS) is 13.2. The molecule has 0 amide bonds. The fraction of sp³-hybridized carbons (Fsp3) is 0.875. The molecule has 1 N–H and O–H groups in total. The topological polar surface area (TPSA) is 63.8 Å². The van der Waals surface area contributed by atoms with Crippen molar-refractivity contribution in [2.75, 3.05) is 0 Å². The van der Waals surface area contributed by atoms with E-state index in [0.717, 1.165) is 19.3 Å². The second kappa shape index (κ2) is 4.91. The summed E-state index contributed by atoms with van der Waals surface area (Å²) in [5, 5.41) is 21.0. The van der Waals surface area contributed by atoms with Gasteiger partial charge in [-0.1, -0.05) is 19.8 Å². The third-order valence-electron chi connectivity index (χ3n) is 1.86. The minimum atomic E-state index is -0.329. The number of unbranched alkanes of at least 4 members (excludes halogenated alkanes) is 1. The monoisotopic (exact) mass is 184 g/mol. The third-order valence-corrected chi connectivity index (χ3v) is 1.86. The zero-order valence-electron chi connectivity index (χ0n) is 8.14. The Morgan fingerprint density at radius 3 is 2.85 bits per heavy atom. The number of hydrogen-bond donors (Lipinski definition) is 1. The molecule has 1 atom stereocenters. The van der Waals surface area contributed by atoms with Gasteiger partial charge in [0.25, 0.3) is 0 Å². The highest BCUT2D eigenvalue weighted by Gasteiger charge is 2.08. The Bertz CT molecular complexity index is 248. The van der Waals surface area contributed by atoms with Crippen LogP contribution in [-0.2, 0) is 13.5 Å². The number of aryl methyl sites for hydroxylation is 1. The summed E-state index contributed by atoms with van der Waals surface area (Å²) in [5.41, 5.74) is 0. The number of rotatable bonds is 5. The number of nitrogens with zero attached hydrogens (tertiary/aromatic N) is 4. The molecule has 1 rings (SSSR count). The summed E-state index contributed by atoms with van der Waals surface area (Å²) in [6.07, 6.45) is 3.14. The highest BCUT2D eigenvalue weighted by Crippen LogP contribution is 2.04. The smallest absolute Gasteiger partial charge is 0.177 e. The van der Waals surface area contributed by atoms with Gasteiger partial charge in [0, 0.05) is 6.42 Å². The molecule has 74 valence electrons. The van der Waals surface area contributed by atoms with Crippen LogP contribution in [0, 0.1) is 0 Å². The van der Waals surface area contributed by atoms with Crippen LogP contribution in [0.15, 0.2) is 0 Å². The number of tetrazole rings is 1. The Balaban J connectivity index is 2.31. The van der Waals surface area contributed by atoms with E-state index in [2.05, 4.69) is 22.3 Å². The van der Waals surface area contributed by atoms with Crippen molar-refractivity contribution in [3.63, 3.8) is 0 Å². The van der Waals surface area contributed by atoms with Gasteiger partial charge in [0.1, 0.15) is 0 Å². The van der Waals surface area contributed by atoms with Gasteiger partial charge in [-0.2, -0.15) is 4.80 Å². The van der Waals surface area contributed by atoms with Crippen molar-refractivity contribution in [1.82, 2.24) is 20.2 Å². The van der Waals surface area contributed by atoms with Crippen molar-refractivity contribution in [3.8, 4) is 0 Å². The number of aromatic nitrogens is 4. The van der Waals surface area contributed by atoms with Crippen molar-refractivity contribution in [2.45, 2.75) is 38.7 Å². The molecule has 13 heavy (non-hydrogen) atoms. The maximum atomic E-state index is 9.53. The summed E-state index contributed by atoms with van der Waals surface area (Å²) in [7, 11) is 1.72. The second-order valence-electron chi connectivity index (χ2n) is 3.20. The molecule has 5 heteroatoms. The van der Waals surface area contributed by atoms with Crippen molar-refractivity contribution in [1.29, 1.82) is 0 Å². The van der Waals surface area contributed by atoms with E-state index in [1.165, 1.54) is 4.80 Å². The van der Waals surface area contributed by atoms with Crippen molar-refractivity contribution >= 4 is 0 Å². The van der Waals surface area contributed by atoms with Crippen LogP contribution in [0.3, 0.4) is 0 Å². The van der Waals surface area contributed by atoms with E-state index >= 15 is 0 Å². The van der Waals surface area contributed by atoms with Crippen LogP contribution >= 0.6 is 0 Å². The van der Waals surface area contributed by atoms with E-state index in [1.54, 1.807) is 7.05 Å². The Hall–Kier alpha value is -0.970. The molecule has 0 aliphatic heterocycles. The van der Waals surface area contributed by atoms with E-state index in [4.69, 9.17) is 0 Å². The van der Waals surface area contributed by atoms with Crippen LogP contribution in [0.5, 0.6) is 0 Å². The maximum absolute atomic E-state index is 9.53. The predicted octanol–water partition coefficient (Wildman–Crippen LogP) is 0.304. The van der Waals surface area contributed by atoms with Gasteiger partial charge >= 0.3 is 0 Å². The van der Waals surface area contributed by atoms with Crippen LogP contribution in [0.1, 0.15) is 32.0 Å². The van der Waals surface area contributed by atoms with Gasteiger partial charge < -0.3 is 5.11 Å². The lowest BCUT2D eigenvalue weighted by Crippen LogP contribution is -2.11. The van der Waals surface area contributed by atoms with Gasteiger partial charge in [-0.05, 0) is 11.6 Å². The summed E-state index contributed by atoms with van der Waals surface area (Å²) >= 11 is 0. The summed E-state index contributed by atoms with van der Waals surface area (Å²) in [6, 6.07) is 0. The number of aliphatic hydroxyl groups is 1. The molecule has 0 saturated heterocycles. The van der Waals surface area contributed by atoms with Crippen molar-refractivity contribution in [2.24, 2.45) is 7.05 Å². The zero-order valence-corrected chi connectivity index (χ0v) is 8.14. The fourth-order valence-corrected chi connectivity index (χ4v) is 1.16. The van der Waals surface area contributed by atoms with E-state index in [0.29, 0.717) is 12.2 Å². The zero-order chi connectivity index (χ0) is 9.68. The van der Waals surface area contributed by atoms with Crippen molar-refractivity contribution < 1.29 is 5.11 Å². The second-order valence-corrected chi connectivity index (χ2v) is 3.20. The lowest BCUT2D eigenvalue weighted by molar-refractivity contribution is 0.159. The molecule has 0 fully saturated rings. The first-order chi connectivity index (χ1) is 6.22. The maximum Gasteiger partial charge on any atom is 0.177 e. The minimum Gasteiger partial charge on any atom is -0.393 e. The molecule has 1 aromatic heterocycles. The minimum absolute atomic E-state index is 0.329. The predicted molar refractivity (Wildman–Crippen MR) is 48.0 cm³/mol. The third kappa shape index (κ3) is 3.50. The largest absolute Gasteiger partial charge is 0.393 e. The van der Waals surface area contributed by atoms with Crippen LogP contribution < -0.4 is 0 Å². The summed E-state index contributed by atoms with van der Waals surface area (Å²) in [5.74, 6) is 0.617. The standard InChI is InChI=1S/C8H16N4O/c1-3-4-5-7(13)6-8-9-11-12(2)10-8/h7,13H,3-6H2,1-2H3. The highest BCUT2D eigenvalue weighted by molar-refractivity contribution is 4.80. The van der Waals surface area contributed by atoms with Crippen molar-refractivity contribution in [3.05, 3.63) is 5.82 Å². The molecule has 1 heterocycles. The lowest BCUT2D eigenvalue weighted by Gasteiger charge is -2.05. The molecule has 1 unspecified atom stereocenters. The molecular formula is C8H16N4O. The molecular weight excluding hydrogens is 168 g/mol. The van der Waals surface area contributed by atoms with Crippen LogP contribution in [0.25, 0.3) is 0 Å². The summed E-state index contributed by atoms with van der Waals surface area (Å²) in [4.78, 5) is 1.40. The van der Waals surface area contributed by atoms with Gasteiger partial charge in [-0.15, -0.1) is 10.2 Å². The SMILES string of the molecule is CCCCC(O)Cc1nnn(C)n1. The molecule has 1 aromatic rings. The van der Waals surface area contributed by atoms with E-state index in [1.807, 2.05) is 0 Å². The van der Waals surface area contributed by atoms with Gasteiger partial charge in [0.15, 0.2) is 5.82 Å². The average Bonchev–Trinajstić information content (AvgIpc) is 2.48.